The number of piperazine rings is 1. The van der Waals surface area contributed by atoms with Crippen LogP contribution >= 0.6 is 0 Å². The van der Waals surface area contributed by atoms with Crippen molar-refractivity contribution in [3.63, 3.8) is 0 Å². The summed E-state index contributed by atoms with van der Waals surface area (Å²) in [5.74, 6) is -1.15. The number of hydrogen-bond acceptors (Lipinski definition) is 6. The Morgan fingerprint density at radius 3 is 2.15 bits per heavy atom. The van der Waals surface area contributed by atoms with Gasteiger partial charge in [0.2, 0.25) is 0 Å². The molecule has 40 heavy (non-hydrogen) atoms. The Kier molecular flexibility index (Phi) is 7.15. The van der Waals surface area contributed by atoms with E-state index in [0.717, 1.165) is 18.5 Å². The summed E-state index contributed by atoms with van der Waals surface area (Å²) >= 11 is 0. The van der Waals surface area contributed by atoms with Crippen LogP contribution in [0.5, 0.6) is 0 Å². The molecule has 4 aromatic rings. The molecular formula is C27H22F3N5O4S. The summed E-state index contributed by atoms with van der Waals surface area (Å²) in [5, 5.41) is 0.675. The van der Waals surface area contributed by atoms with E-state index in [4.69, 9.17) is 0 Å². The van der Waals surface area contributed by atoms with Crippen LogP contribution in [0.15, 0.2) is 84.1 Å². The lowest BCUT2D eigenvalue weighted by molar-refractivity contribution is -0.138. The molecule has 1 fully saturated rings. The van der Waals surface area contributed by atoms with Crippen molar-refractivity contribution in [2.45, 2.75) is 11.1 Å². The number of hydrogen-bond donors (Lipinski definition) is 1. The first-order chi connectivity index (χ1) is 19.0. The normalized spacial score (nSPS) is 14.3. The van der Waals surface area contributed by atoms with Crippen molar-refractivity contribution in [1.29, 1.82) is 0 Å². The van der Waals surface area contributed by atoms with Gasteiger partial charge in [-0.2, -0.15) is 13.2 Å². The van der Waals surface area contributed by atoms with E-state index < -0.39 is 33.2 Å². The van der Waals surface area contributed by atoms with Gasteiger partial charge in [0.05, 0.1) is 16.6 Å². The molecule has 0 saturated carbocycles. The summed E-state index contributed by atoms with van der Waals surface area (Å²) in [4.78, 5) is 36.4. The molecule has 0 atom stereocenters. The summed E-state index contributed by atoms with van der Waals surface area (Å²) in [5.41, 5.74) is -0.719. The number of amides is 2. The molecule has 2 aromatic carbocycles. The van der Waals surface area contributed by atoms with Gasteiger partial charge in [-0.3, -0.25) is 24.3 Å². The topological polar surface area (TPSA) is 113 Å². The van der Waals surface area contributed by atoms with Gasteiger partial charge in [0.1, 0.15) is 4.90 Å². The Morgan fingerprint density at radius 2 is 1.48 bits per heavy atom. The summed E-state index contributed by atoms with van der Waals surface area (Å²) in [6.07, 6.45) is -1.31. The number of carbonyl (C=O) groups excluding carboxylic acids is 2. The first-order valence-corrected chi connectivity index (χ1v) is 13.6. The van der Waals surface area contributed by atoms with Gasteiger partial charge < -0.3 is 9.80 Å². The molecule has 2 aromatic heterocycles. The molecule has 3 heterocycles. The number of fused-ring (bicyclic) bond motifs is 1. The highest BCUT2D eigenvalue weighted by atomic mass is 32.2. The summed E-state index contributed by atoms with van der Waals surface area (Å²) in [6, 6.07) is 15.0. The number of carbonyl (C=O) groups is 2. The van der Waals surface area contributed by atoms with Gasteiger partial charge in [0.25, 0.3) is 21.8 Å². The highest BCUT2D eigenvalue weighted by Crippen LogP contribution is 2.32. The number of sulfonamides is 1. The SMILES string of the molecule is O=C(c1ccc(NS(=O)(=O)c2cccc3cccnc23)cc1)N1CCN(C(=O)c2cnccc2C(F)(F)F)CC1. The lowest BCUT2D eigenvalue weighted by atomic mass is 10.1. The quantitative estimate of drug-likeness (QED) is 0.388. The maximum absolute atomic E-state index is 13.3. The third-order valence-electron chi connectivity index (χ3n) is 6.48. The molecule has 0 spiro atoms. The molecule has 9 nitrogen and oxygen atoms in total. The van der Waals surface area contributed by atoms with Gasteiger partial charge >= 0.3 is 6.18 Å². The van der Waals surface area contributed by atoms with Gasteiger partial charge in [-0.25, -0.2) is 8.42 Å². The molecule has 0 unspecified atom stereocenters. The van der Waals surface area contributed by atoms with Crippen LogP contribution in [-0.2, 0) is 16.2 Å². The van der Waals surface area contributed by atoms with Crippen LogP contribution in [0.2, 0.25) is 0 Å². The van der Waals surface area contributed by atoms with Crippen molar-refractivity contribution in [2.75, 3.05) is 30.9 Å². The molecular weight excluding hydrogens is 547 g/mol. The van der Waals surface area contributed by atoms with E-state index in [2.05, 4.69) is 14.7 Å². The number of halogens is 3. The van der Waals surface area contributed by atoms with Crippen molar-refractivity contribution < 1.29 is 31.2 Å². The Hall–Kier alpha value is -4.52. The zero-order valence-electron chi connectivity index (χ0n) is 20.8. The molecule has 13 heteroatoms. The average Bonchev–Trinajstić information content (AvgIpc) is 2.96. The van der Waals surface area contributed by atoms with Gasteiger partial charge in [0.15, 0.2) is 0 Å². The van der Waals surface area contributed by atoms with E-state index in [1.165, 1.54) is 46.3 Å². The third-order valence-corrected chi connectivity index (χ3v) is 7.89. The Morgan fingerprint density at radius 1 is 0.825 bits per heavy atom. The standard InChI is InChI=1S/C27H22F3N5O4S/c28-27(29,30)22-10-12-31-17-21(22)26(37)35-15-13-34(14-16-35)25(36)19-6-8-20(9-7-19)33-40(38,39)23-5-1-3-18-4-2-11-32-24(18)23/h1-12,17,33H,13-16H2. The molecule has 1 saturated heterocycles. The zero-order valence-corrected chi connectivity index (χ0v) is 21.6. The van der Waals surface area contributed by atoms with Crippen LogP contribution in [0.25, 0.3) is 10.9 Å². The molecule has 1 aliphatic heterocycles. The first-order valence-electron chi connectivity index (χ1n) is 12.1. The molecule has 0 bridgehead atoms. The van der Waals surface area contributed by atoms with E-state index in [1.807, 2.05) is 0 Å². The van der Waals surface area contributed by atoms with E-state index >= 15 is 0 Å². The van der Waals surface area contributed by atoms with Gasteiger partial charge in [0, 0.05) is 61.4 Å². The number of alkyl halides is 3. The smallest absolute Gasteiger partial charge is 0.335 e. The molecule has 0 radical (unpaired) electrons. The summed E-state index contributed by atoms with van der Waals surface area (Å²) in [7, 11) is -3.96. The van der Waals surface area contributed by atoms with Crippen molar-refractivity contribution in [3.8, 4) is 0 Å². The number of pyridine rings is 2. The lowest BCUT2D eigenvalue weighted by Gasteiger charge is -2.35. The largest absolute Gasteiger partial charge is 0.417 e. The van der Waals surface area contributed by atoms with Crippen LogP contribution in [0.1, 0.15) is 26.3 Å². The van der Waals surface area contributed by atoms with E-state index in [0.29, 0.717) is 16.5 Å². The number of nitrogens with one attached hydrogen (secondary N) is 1. The minimum absolute atomic E-state index is 0.0202. The Labute approximate surface area is 227 Å². The molecule has 206 valence electrons. The van der Waals surface area contributed by atoms with Crippen molar-refractivity contribution in [2.24, 2.45) is 0 Å². The molecule has 0 aliphatic carbocycles. The molecule has 2 amide bonds. The van der Waals surface area contributed by atoms with E-state index in [1.54, 1.807) is 24.3 Å². The third kappa shape index (κ3) is 5.45. The monoisotopic (exact) mass is 569 g/mol. The fraction of sp³-hybridized carbons (Fsp3) is 0.185. The fourth-order valence-corrected chi connectivity index (χ4v) is 5.70. The zero-order chi connectivity index (χ0) is 28.5. The minimum Gasteiger partial charge on any atom is -0.335 e. The average molecular weight is 570 g/mol. The second-order valence-electron chi connectivity index (χ2n) is 9.02. The molecule has 1 aliphatic rings. The summed E-state index contributed by atoms with van der Waals surface area (Å²) in [6.45, 7) is 0.338. The van der Waals surface area contributed by atoms with Crippen LogP contribution in [0.3, 0.4) is 0 Å². The number of rotatable bonds is 5. The van der Waals surface area contributed by atoms with Crippen LogP contribution in [0, 0.1) is 0 Å². The number of para-hydroxylation sites is 1. The van der Waals surface area contributed by atoms with E-state index in [9.17, 15) is 31.2 Å². The second kappa shape index (κ2) is 10.6. The minimum atomic E-state index is -4.70. The predicted octanol–water partition coefficient (Wildman–Crippen LogP) is 4.05. The highest BCUT2D eigenvalue weighted by Gasteiger charge is 2.37. The molecule has 5 rings (SSSR count). The van der Waals surface area contributed by atoms with Gasteiger partial charge in [-0.1, -0.05) is 18.2 Å². The number of benzene rings is 2. The van der Waals surface area contributed by atoms with E-state index in [-0.39, 0.29) is 42.7 Å². The van der Waals surface area contributed by atoms with Crippen molar-refractivity contribution in [1.82, 2.24) is 19.8 Å². The highest BCUT2D eigenvalue weighted by molar-refractivity contribution is 7.93. The van der Waals surface area contributed by atoms with Crippen molar-refractivity contribution in [3.05, 3.63) is 95.9 Å². The number of nitrogens with zero attached hydrogens (tertiary/aromatic N) is 4. The fourth-order valence-electron chi connectivity index (χ4n) is 4.46. The second-order valence-corrected chi connectivity index (χ2v) is 10.7. The predicted molar refractivity (Wildman–Crippen MR) is 140 cm³/mol. The first kappa shape index (κ1) is 27.1. The van der Waals surface area contributed by atoms with Crippen LogP contribution in [-0.4, -0.2) is 66.2 Å². The Balaban J connectivity index is 1.23. The number of aromatic nitrogens is 2. The molecule has 1 N–H and O–H groups in total. The van der Waals surface area contributed by atoms with Crippen LogP contribution in [0.4, 0.5) is 18.9 Å². The van der Waals surface area contributed by atoms with Gasteiger partial charge in [-0.15, -0.1) is 0 Å². The Bertz CT molecular complexity index is 1680. The maximum atomic E-state index is 13.3. The maximum Gasteiger partial charge on any atom is 0.417 e. The summed E-state index contributed by atoms with van der Waals surface area (Å²) < 4.78 is 68.5. The van der Waals surface area contributed by atoms with Gasteiger partial charge in [-0.05, 0) is 42.5 Å². The number of anilines is 1. The van der Waals surface area contributed by atoms with Crippen molar-refractivity contribution >= 4 is 38.4 Å². The van der Waals surface area contributed by atoms with Crippen LogP contribution < -0.4 is 4.72 Å². The lowest BCUT2D eigenvalue weighted by Crippen LogP contribution is -2.50.